The van der Waals surface area contributed by atoms with Crippen LogP contribution in [0.4, 0.5) is 0 Å². The molecule has 0 aromatic rings. The Bertz CT molecular complexity index is 263. The second-order valence-electron chi connectivity index (χ2n) is 3.70. The summed E-state index contributed by atoms with van der Waals surface area (Å²) in [6.07, 6.45) is 12.4. The van der Waals surface area contributed by atoms with Crippen LogP contribution in [0.15, 0.2) is 36.1 Å². The topological polar surface area (TPSA) is 40.5 Å². The van der Waals surface area contributed by atoms with Gasteiger partial charge in [0.05, 0.1) is 0 Å². The van der Waals surface area contributed by atoms with E-state index in [1.165, 1.54) is 12.5 Å². The third-order valence-electron chi connectivity index (χ3n) is 2.31. The second-order valence-corrected chi connectivity index (χ2v) is 3.70. The van der Waals surface area contributed by atoms with Gasteiger partial charge in [-0.15, -0.1) is 0 Å². The molecule has 0 spiro atoms. The maximum absolute atomic E-state index is 9.96. The Labute approximate surface area is 85.3 Å². The number of allylic oxidation sites excluding steroid dienone is 2. The lowest BCUT2D eigenvalue weighted by atomic mass is 9.94. The van der Waals surface area contributed by atoms with E-state index in [2.05, 4.69) is 6.92 Å². The molecule has 14 heavy (non-hydrogen) atoms. The van der Waals surface area contributed by atoms with Gasteiger partial charge in [0.25, 0.3) is 0 Å². The first-order valence-corrected chi connectivity index (χ1v) is 5.15. The third-order valence-corrected chi connectivity index (χ3v) is 2.31. The van der Waals surface area contributed by atoms with Crippen LogP contribution in [0.25, 0.3) is 0 Å². The molecule has 2 N–H and O–H groups in total. The molecule has 78 valence electrons. The molecule has 1 unspecified atom stereocenters. The van der Waals surface area contributed by atoms with Crippen molar-refractivity contribution in [1.29, 1.82) is 0 Å². The molecule has 0 aromatic carbocycles. The van der Waals surface area contributed by atoms with Crippen LogP contribution >= 0.6 is 0 Å². The molecular formula is C12H18O2. The Hall–Kier alpha value is -1.02. The van der Waals surface area contributed by atoms with E-state index in [1.807, 2.05) is 12.2 Å². The summed E-state index contributed by atoms with van der Waals surface area (Å²) in [4.78, 5) is 0. The molecule has 1 rings (SSSR count). The van der Waals surface area contributed by atoms with E-state index in [0.29, 0.717) is 6.42 Å². The van der Waals surface area contributed by atoms with E-state index in [9.17, 15) is 5.11 Å². The van der Waals surface area contributed by atoms with Gasteiger partial charge in [-0.1, -0.05) is 31.9 Å². The molecular weight excluding hydrogens is 176 g/mol. The first kappa shape index (κ1) is 11.1. The summed E-state index contributed by atoms with van der Waals surface area (Å²) in [6, 6.07) is 0. The molecule has 0 heterocycles. The van der Waals surface area contributed by atoms with Crippen molar-refractivity contribution in [3.05, 3.63) is 36.1 Å². The van der Waals surface area contributed by atoms with Crippen molar-refractivity contribution < 1.29 is 10.2 Å². The van der Waals surface area contributed by atoms with Crippen LogP contribution < -0.4 is 0 Å². The number of aliphatic hydroxyl groups is 2. The predicted molar refractivity (Wildman–Crippen MR) is 58.1 cm³/mol. The van der Waals surface area contributed by atoms with Crippen molar-refractivity contribution in [2.75, 3.05) is 0 Å². The van der Waals surface area contributed by atoms with E-state index >= 15 is 0 Å². The van der Waals surface area contributed by atoms with E-state index in [0.717, 1.165) is 12.8 Å². The molecule has 0 fully saturated rings. The minimum Gasteiger partial charge on any atom is -0.508 e. The van der Waals surface area contributed by atoms with Crippen molar-refractivity contribution in [2.45, 2.75) is 38.2 Å². The van der Waals surface area contributed by atoms with Crippen molar-refractivity contribution in [3.8, 4) is 0 Å². The van der Waals surface area contributed by atoms with E-state index in [1.54, 1.807) is 12.2 Å². The highest BCUT2D eigenvalue weighted by Crippen LogP contribution is 2.21. The Morgan fingerprint density at radius 2 is 2.36 bits per heavy atom. The lowest BCUT2D eigenvalue weighted by Gasteiger charge is -2.21. The maximum atomic E-state index is 9.96. The second kappa shape index (κ2) is 5.01. The van der Waals surface area contributed by atoms with Crippen LogP contribution in [-0.4, -0.2) is 15.8 Å². The summed E-state index contributed by atoms with van der Waals surface area (Å²) < 4.78 is 0. The Morgan fingerprint density at radius 3 is 2.93 bits per heavy atom. The minimum absolute atomic E-state index is 0.233. The van der Waals surface area contributed by atoms with Crippen LogP contribution in [0.1, 0.15) is 32.6 Å². The van der Waals surface area contributed by atoms with E-state index in [4.69, 9.17) is 5.11 Å². The summed E-state index contributed by atoms with van der Waals surface area (Å²) in [5, 5.41) is 19.0. The molecule has 0 bridgehead atoms. The molecule has 2 heteroatoms. The van der Waals surface area contributed by atoms with Crippen molar-refractivity contribution in [1.82, 2.24) is 0 Å². The van der Waals surface area contributed by atoms with Crippen LogP contribution in [0.2, 0.25) is 0 Å². The van der Waals surface area contributed by atoms with Gasteiger partial charge in [-0.05, 0) is 24.6 Å². The zero-order chi connectivity index (χ0) is 10.4. The fraction of sp³-hybridized carbons (Fsp3) is 0.500. The van der Waals surface area contributed by atoms with Crippen molar-refractivity contribution in [2.24, 2.45) is 0 Å². The molecule has 1 atom stereocenters. The van der Waals surface area contributed by atoms with Crippen LogP contribution in [0.3, 0.4) is 0 Å². The predicted octanol–water partition coefficient (Wildman–Crippen LogP) is 2.87. The number of hydrogen-bond acceptors (Lipinski definition) is 2. The zero-order valence-electron chi connectivity index (χ0n) is 8.61. The van der Waals surface area contributed by atoms with Gasteiger partial charge in [0.15, 0.2) is 0 Å². The molecule has 0 aliphatic heterocycles. The number of unbranched alkanes of at least 4 members (excludes halogenated alkanes) is 2. The smallest absolute Gasteiger partial charge is 0.111 e. The Morgan fingerprint density at radius 1 is 1.57 bits per heavy atom. The van der Waals surface area contributed by atoms with Crippen LogP contribution in [-0.2, 0) is 0 Å². The average Bonchev–Trinajstić information content (AvgIpc) is 2.18. The zero-order valence-corrected chi connectivity index (χ0v) is 8.61. The average molecular weight is 194 g/mol. The summed E-state index contributed by atoms with van der Waals surface area (Å²) in [6.45, 7) is 2.14. The molecule has 1 aliphatic rings. The summed E-state index contributed by atoms with van der Waals surface area (Å²) >= 11 is 0. The van der Waals surface area contributed by atoms with Gasteiger partial charge in [-0.3, -0.25) is 0 Å². The highest BCUT2D eigenvalue weighted by atomic mass is 16.3. The Balaban J connectivity index is 2.44. The van der Waals surface area contributed by atoms with Gasteiger partial charge in [0, 0.05) is 6.42 Å². The number of rotatable bonds is 4. The minimum atomic E-state index is -0.889. The molecule has 0 saturated carbocycles. The first-order chi connectivity index (χ1) is 6.66. The fourth-order valence-electron chi connectivity index (χ4n) is 1.37. The summed E-state index contributed by atoms with van der Waals surface area (Å²) in [5.74, 6) is 0.233. The normalized spacial score (nSPS) is 26.9. The highest BCUT2D eigenvalue weighted by Gasteiger charge is 2.20. The largest absolute Gasteiger partial charge is 0.508 e. The van der Waals surface area contributed by atoms with Gasteiger partial charge < -0.3 is 10.2 Å². The van der Waals surface area contributed by atoms with E-state index in [-0.39, 0.29) is 5.76 Å². The molecule has 2 nitrogen and oxygen atoms in total. The summed E-state index contributed by atoms with van der Waals surface area (Å²) in [5.41, 5.74) is -0.889. The fourth-order valence-corrected chi connectivity index (χ4v) is 1.37. The standard InChI is InChI=1S/C12H18O2/c1-2-3-4-5-8-12(14)9-6-11(13)7-10-12/h5-9,13-14H,2-4,10H2,1H3. The molecule has 0 radical (unpaired) electrons. The lowest BCUT2D eigenvalue weighted by molar-refractivity contribution is 0.142. The Kier molecular flexibility index (Phi) is 3.96. The maximum Gasteiger partial charge on any atom is 0.111 e. The highest BCUT2D eigenvalue weighted by molar-refractivity contribution is 5.27. The van der Waals surface area contributed by atoms with Crippen LogP contribution in [0, 0.1) is 0 Å². The van der Waals surface area contributed by atoms with E-state index < -0.39 is 5.60 Å². The quantitative estimate of drug-likeness (QED) is 0.533. The molecule has 0 aromatic heterocycles. The first-order valence-electron chi connectivity index (χ1n) is 5.15. The third kappa shape index (κ3) is 3.38. The summed E-state index contributed by atoms with van der Waals surface area (Å²) in [7, 11) is 0. The SMILES string of the molecule is CCCCC=CC1(O)C=CC(O)=CC1. The number of aliphatic hydroxyl groups excluding tert-OH is 1. The monoisotopic (exact) mass is 194 g/mol. The van der Waals surface area contributed by atoms with Gasteiger partial charge >= 0.3 is 0 Å². The molecule has 1 aliphatic carbocycles. The van der Waals surface area contributed by atoms with Crippen LogP contribution in [0.5, 0.6) is 0 Å². The van der Waals surface area contributed by atoms with Gasteiger partial charge in [0.1, 0.15) is 11.4 Å². The van der Waals surface area contributed by atoms with Crippen molar-refractivity contribution >= 4 is 0 Å². The molecule has 0 amide bonds. The lowest BCUT2D eigenvalue weighted by Crippen LogP contribution is -2.23. The van der Waals surface area contributed by atoms with Gasteiger partial charge in [0.2, 0.25) is 0 Å². The molecule has 0 saturated heterocycles. The van der Waals surface area contributed by atoms with Crippen molar-refractivity contribution in [3.63, 3.8) is 0 Å². The number of hydrogen-bond donors (Lipinski definition) is 2. The van der Waals surface area contributed by atoms with Gasteiger partial charge in [-0.2, -0.15) is 0 Å². The van der Waals surface area contributed by atoms with Gasteiger partial charge in [-0.25, -0.2) is 0 Å².